The molecule has 0 spiro atoms. The second-order valence-electron chi connectivity index (χ2n) is 5.49. The summed E-state index contributed by atoms with van der Waals surface area (Å²) in [6.45, 7) is 0.632. The maximum Gasteiger partial charge on any atom is 0.323 e. The topological polar surface area (TPSA) is 73.8 Å². The zero-order valence-corrected chi connectivity index (χ0v) is 13.4. The lowest BCUT2D eigenvalue weighted by Crippen LogP contribution is -2.00. The van der Waals surface area contributed by atoms with Gasteiger partial charge in [0.2, 0.25) is 0 Å². The smallest absolute Gasteiger partial charge is 0.323 e. The van der Waals surface area contributed by atoms with E-state index in [1.165, 1.54) is 0 Å². The Morgan fingerprint density at radius 1 is 1.08 bits per heavy atom. The Kier molecular flexibility index (Phi) is 3.63. The van der Waals surface area contributed by atoms with Gasteiger partial charge < -0.3 is 19.7 Å². The van der Waals surface area contributed by atoms with Crippen molar-refractivity contribution in [2.75, 3.05) is 5.32 Å². The van der Waals surface area contributed by atoms with Crippen molar-refractivity contribution < 1.29 is 4.42 Å². The van der Waals surface area contributed by atoms with Crippen LogP contribution in [-0.4, -0.2) is 9.97 Å². The molecule has 0 aliphatic rings. The lowest BCUT2D eigenvalue weighted by Gasteiger charge is -2.13. The van der Waals surface area contributed by atoms with Crippen LogP contribution in [0.1, 0.15) is 5.56 Å². The van der Waals surface area contributed by atoms with E-state index in [0.717, 1.165) is 33.4 Å². The molecule has 5 nitrogen and oxygen atoms in total. The van der Waals surface area contributed by atoms with Crippen molar-refractivity contribution >= 4 is 28.3 Å². The molecule has 0 unspecified atom stereocenters. The van der Waals surface area contributed by atoms with Crippen LogP contribution in [-0.2, 0) is 6.54 Å². The molecular formula is C18H14ClN3O2. The van der Waals surface area contributed by atoms with E-state index in [-0.39, 0.29) is 5.69 Å². The summed E-state index contributed by atoms with van der Waals surface area (Å²) in [4.78, 5) is 17.0. The SMILES string of the molecule is O=c1[nH]c2ccc(-c3c(Cl)cccc3NCc3ccoc3)cc2[nH]1. The Morgan fingerprint density at radius 3 is 2.79 bits per heavy atom. The number of rotatable bonds is 4. The molecule has 24 heavy (non-hydrogen) atoms. The van der Waals surface area contributed by atoms with Crippen LogP contribution >= 0.6 is 11.6 Å². The van der Waals surface area contributed by atoms with Gasteiger partial charge in [-0.15, -0.1) is 0 Å². The normalized spacial score (nSPS) is 11.0. The number of H-pyrrole nitrogens is 2. The number of furan rings is 1. The van der Waals surface area contributed by atoms with Gasteiger partial charge in [0.25, 0.3) is 0 Å². The molecule has 0 radical (unpaired) electrons. The first-order valence-electron chi connectivity index (χ1n) is 7.46. The highest BCUT2D eigenvalue weighted by atomic mass is 35.5. The van der Waals surface area contributed by atoms with E-state index < -0.39 is 0 Å². The van der Waals surface area contributed by atoms with Crippen molar-refractivity contribution in [1.29, 1.82) is 0 Å². The van der Waals surface area contributed by atoms with E-state index >= 15 is 0 Å². The first kappa shape index (κ1) is 14.7. The molecule has 4 aromatic rings. The van der Waals surface area contributed by atoms with Crippen LogP contribution in [0.4, 0.5) is 5.69 Å². The first-order valence-corrected chi connectivity index (χ1v) is 7.84. The standard InChI is InChI=1S/C18H14ClN3O2/c19-13-2-1-3-15(20-9-11-6-7-24-10-11)17(13)12-4-5-14-16(8-12)22-18(23)21-14/h1-8,10,20H,9H2,(H2,21,22,23). The van der Waals surface area contributed by atoms with Crippen LogP contribution in [0, 0.1) is 0 Å². The molecule has 0 bridgehead atoms. The van der Waals surface area contributed by atoms with Gasteiger partial charge >= 0.3 is 5.69 Å². The van der Waals surface area contributed by atoms with Crippen LogP contribution < -0.4 is 11.0 Å². The second-order valence-corrected chi connectivity index (χ2v) is 5.89. The summed E-state index contributed by atoms with van der Waals surface area (Å²) in [5.74, 6) is 0. The van der Waals surface area contributed by atoms with Crippen molar-refractivity contribution in [2.45, 2.75) is 6.54 Å². The summed E-state index contributed by atoms with van der Waals surface area (Å²) in [6.07, 6.45) is 3.35. The summed E-state index contributed by atoms with van der Waals surface area (Å²) in [6, 6.07) is 13.4. The van der Waals surface area contributed by atoms with Crippen LogP contribution in [0.5, 0.6) is 0 Å². The molecule has 4 rings (SSSR count). The maximum absolute atomic E-state index is 11.4. The molecule has 2 aromatic heterocycles. The molecule has 2 heterocycles. The molecule has 6 heteroatoms. The van der Waals surface area contributed by atoms with Gasteiger partial charge in [-0.25, -0.2) is 4.79 Å². The molecule has 0 atom stereocenters. The number of benzene rings is 2. The Morgan fingerprint density at radius 2 is 1.96 bits per heavy atom. The van der Waals surface area contributed by atoms with Crippen molar-refractivity contribution in [3.8, 4) is 11.1 Å². The maximum atomic E-state index is 11.4. The molecule has 3 N–H and O–H groups in total. The number of nitrogens with one attached hydrogen (secondary N) is 3. The van der Waals surface area contributed by atoms with Crippen molar-refractivity contribution in [3.63, 3.8) is 0 Å². The third kappa shape index (κ3) is 2.70. The molecule has 0 saturated heterocycles. The fourth-order valence-corrected chi connectivity index (χ4v) is 3.03. The number of aromatic nitrogens is 2. The summed E-state index contributed by atoms with van der Waals surface area (Å²) in [7, 11) is 0. The van der Waals surface area contributed by atoms with Gasteiger partial charge in [-0.05, 0) is 35.9 Å². The molecular weight excluding hydrogens is 326 g/mol. The van der Waals surface area contributed by atoms with E-state index in [2.05, 4.69) is 15.3 Å². The highest BCUT2D eigenvalue weighted by Crippen LogP contribution is 2.36. The summed E-state index contributed by atoms with van der Waals surface area (Å²) < 4.78 is 5.09. The van der Waals surface area contributed by atoms with Gasteiger partial charge in [0, 0.05) is 23.4 Å². The van der Waals surface area contributed by atoms with Gasteiger partial charge in [-0.1, -0.05) is 23.7 Å². The molecule has 0 saturated carbocycles. The predicted molar refractivity (Wildman–Crippen MR) is 95.4 cm³/mol. The molecule has 120 valence electrons. The number of anilines is 1. The quantitative estimate of drug-likeness (QED) is 0.516. The molecule has 0 fully saturated rings. The average Bonchev–Trinajstić information content (AvgIpc) is 3.20. The van der Waals surface area contributed by atoms with E-state index in [1.54, 1.807) is 12.5 Å². The number of fused-ring (bicyclic) bond motifs is 1. The number of hydrogen-bond donors (Lipinski definition) is 3. The number of imidazole rings is 1. The average molecular weight is 340 g/mol. The van der Waals surface area contributed by atoms with Crippen LogP contribution in [0.3, 0.4) is 0 Å². The number of hydrogen-bond acceptors (Lipinski definition) is 3. The van der Waals surface area contributed by atoms with Gasteiger partial charge in [-0.3, -0.25) is 0 Å². The van der Waals surface area contributed by atoms with Gasteiger partial charge in [-0.2, -0.15) is 0 Å². The first-order chi connectivity index (χ1) is 11.7. The summed E-state index contributed by atoms with van der Waals surface area (Å²) in [5.41, 5.74) is 5.08. The van der Waals surface area contributed by atoms with Gasteiger partial charge in [0.1, 0.15) is 0 Å². The second kappa shape index (κ2) is 5.94. The highest BCUT2D eigenvalue weighted by molar-refractivity contribution is 6.34. The minimum atomic E-state index is -0.223. The highest BCUT2D eigenvalue weighted by Gasteiger charge is 2.11. The summed E-state index contributed by atoms with van der Waals surface area (Å²) in [5, 5.41) is 4.03. The van der Waals surface area contributed by atoms with Crippen molar-refractivity contribution in [2.24, 2.45) is 0 Å². The zero-order valence-electron chi connectivity index (χ0n) is 12.6. The van der Waals surface area contributed by atoms with Crippen LogP contribution in [0.2, 0.25) is 5.02 Å². The fraction of sp³-hybridized carbons (Fsp3) is 0.0556. The predicted octanol–water partition coefficient (Wildman–Crippen LogP) is 4.38. The molecule has 2 aromatic carbocycles. The lowest BCUT2D eigenvalue weighted by atomic mass is 10.0. The lowest BCUT2D eigenvalue weighted by molar-refractivity contribution is 0.564. The van der Waals surface area contributed by atoms with E-state index in [9.17, 15) is 4.79 Å². The largest absolute Gasteiger partial charge is 0.472 e. The third-order valence-corrected chi connectivity index (χ3v) is 4.20. The van der Waals surface area contributed by atoms with Gasteiger partial charge in [0.15, 0.2) is 0 Å². The Bertz CT molecular complexity index is 1050. The Labute approximate surface area is 142 Å². The minimum Gasteiger partial charge on any atom is -0.472 e. The minimum absolute atomic E-state index is 0.223. The molecule has 0 amide bonds. The zero-order chi connectivity index (χ0) is 16.5. The van der Waals surface area contributed by atoms with Crippen LogP contribution in [0.15, 0.2) is 64.2 Å². The van der Waals surface area contributed by atoms with Crippen molar-refractivity contribution in [3.05, 3.63) is 76.1 Å². The third-order valence-electron chi connectivity index (χ3n) is 3.88. The molecule has 0 aliphatic carbocycles. The van der Waals surface area contributed by atoms with E-state index in [4.69, 9.17) is 16.0 Å². The summed E-state index contributed by atoms with van der Waals surface area (Å²) >= 11 is 6.44. The molecule has 0 aliphatic heterocycles. The van der Waals surface area contributed by atoms with Crippen molar-refractivity contribution in [1.82, 2.24) is 9.97 Å². The Hall–Kier alpha value is -2.92. The number of halogens is 1. The Balaban J connectivity index is 1.76. The number of aromatic amines is 2. The van der Waals surface area contributed by atoms with Crippen LogP contribution in [0.25, 0.3) is 22.2 Å². The monoisotopic (exact) mass is 339 g/mol. The van der Waals surface area contributed by atoms with Gasteiger partial charge in [0.05, 0.1) is 28.6 Å². The fourth-order valence-electron chi connectivity index (χ4n) is 2.74. The van der Waals surface area contributed by atoms with E-state index in [0.29, 0.717) is 11.6 Å². The van der Waals surface area contributed by atoms with E-state index in [1.807, 2.05) is 42.5 Å².